The van der Waals surface area contributed by atoms with Gasteiger partial charge in [0.2, 0.25) is 11.8 Å². The van der Waals surface area contributed by atoms with Crippen LogP contribution in [0.25, 0.3) is 0 Å². The van der Waals surface area contributed by atoms with Crippen molar-refractivity contribution in [3.63, 3.8) is 0 Å². The first-order chi connectivity index (χ1) is 16.7. The molecule has 5 nitrogen and oxygen atoms in total. The molecule has 0 radical (unpaired) electrons. The summed E-state index contributed by atoms with van der Waals surface area (Å²) < 4.78 is 11.0. The molecule has 3 aromatic carbocycles. The van der Waals surface area contributed by atoms with Crippen molar-refractivity contribution >= 4 is 11.8 Å². The minimum Gasteiger partial charge on any atom is -0.497 e. The van der Waals surface area contributed by atoms with Crippen molar-refractivity contribution in [1.82, 2.24) is 4.90 Å². The predicted octanol–water partition coefficient (Wildman–Crippen LogP) is 4.81. The summed E-state index contributed by atoms with van der Waals surface area (Å²) in [6.07, 6.45) is 4.22. The van der Waals surface area contributed by atoms with Crippen LogP contribution in [0, 0.1) is 11.8 Å². The van der Waals surface area contributed by atoms with Crippen LogP contribution in [0.2, 0.25) is 0 Å². The number of imide groups is 1. The average molecular weight is 454 g/mol. The quantitative estimate of drug-likeness (QED) is 0.381. The molecule has 5 heteroatoms. The Bertz CT molecular complexity index is 1110. The van der Waals surface area contributed by atoms with Crippen LogP contribution >= 0.6 is 0 Å². The largest absolute Gasteiger partial charge is 0.497 e. The standard InChI is InChI=1S/C29H27NO4/c1-33-22-12-14-23(15-13-22)34-19-18-30-28(31)26-24(20-8-4-2-5-9-20)16-17-25(27(26)29(30)32)21-10-6-3-7-11-21/h2-17,24-27H,18-19H2,1H3/t24-,25-,26-,27-/m1/s1. The number of rotatable bonds is 7. The van der Waals surface area contributed by atoms with Gasteiger partial charge >= 0.3 is 0 Å². The van der Waals surface area contributed by atoms with E-state index in [0.29, 0.717) is 5.75 Å². The first kappa shape index (κ1) is 22.0. The molecule has 0 N–H and O–H groups in total. The number of carbonyl (C=O) groups is 2. The number of hydrogen-bond donors (Lipinski definition) is 0. The van der Waals surface area contributed by atoms with Gasteiger partial charge < -0.3 is 9.47 Å². The first-order valence-electron chi connectivity index (χ1n) is 11.6. The summed E-state index contributed by atoms with van der Waals surface area (Å²) >= 11 is 0. The summed E-state index contributed by atoms with van der Waals surface area (Å²) in [5, 5.41) is 0. The molecular weight excluding hydrogens is 426 g/mol. The molecule has 1 fully saturated rings. The molecule has 0 spiro atoms. The summed E-state index contributed by atoms with van der Waals surface area (Å²) in [6.45, 7) is 0.461. The smallest absolute Gasteiger partial charge is 0.234 e. The lowest BCUT2D eigenvalue weighted by atomic mass is 9.68. The van der Waals surface area contributed by atoms with Gasteiger partial charge in [-0.05, 0) is 35.4 Å². The Balaban J connectivity index is 1.39. The normalized spacial score (nSPS) is 23.6. The molecule has 1 saturated heterocycles. The molecule has 2 aliphatic rings. The second-order valence-corrected chi connectivity index (χ2v) is 8.66. The SMILES string of the molecule is COc1ccc(OCCN2C(=O)[C@H]3[C@H](C2=O)[C@@H](c2ccccc2)C=C[C@@H]3c2ccccc2)cc1. The summed E-state index contributed by atoms with van der Waals surface area (Å²) in [6, 6.07) is 27.2. The van der Waals surface area contributed by atoms with Crippen LogP contribution in [0.15, 0.2) is 97.1 Å². The van der Waals surface area contributed by atoms with Gasteiger partial charge in [-0.2, -0.15) is 0 Å². The van der Waals surface area contributed by atoms with Crippen LogP contribution in [-0.4, -0.2) is 37.0 Å². The third-order valence-electron chi connectivity index (χ3n) is 6.80. The van der Waals surface area contributed by atoms with E-state index >= 15 is 0 Å². The minimum atomic E-state index is -0.425. The van der Waals surface area contributed by atoms with E-state index in [-0.39, 0.29) is 36.8 Å². The van der Waals surface area contributed by atoms with Gasteiger partial charge in [0.25, 0.3) is 0 Å². The number of nitrogens with zero attached hydrogens (tertiary/aromatic N) is 1. The second-order valence-electron chi connectivity index (χ2n) is 8.66. The summed E-state index contributed by atoms with van der Waals surface area (Å²) in [4.78, 5) is 28.7. The fourth-order valence-electron chi connectivity index (χ4n) is 5.14. The maximum Gasteiger partial charge on any atom is 0.234 e. The zero-order valence-electron chi connectivity index (χ0n) is 19.0. The maximum atomic E-state index is 13.6. The number of allylic oxidation sites excluding steroid dienone is 2. The Hall–Kier alpha value is -3.86. The molecule has 5 rings (SSSR count). The molecule has 2 amide bonds. The third-order valence-corrected chi connectivity index (χ3v) is 6.80. The zero-order chi connectivity index (χ0) is 23.5. The van der Waals surface area contributed by atoms with Gasteiger partial charge in [0.1, 0.15) is 18.1 Å². The summed E-state index contributed by atoms with van der Waals surface area (Å²) in [7, 11) is 1.61. The van der Waals surface area contributed by atoms with Crippen LogP contribution < -0.4 is 9.47 Å². The highest BCUT2D eigenvalue weighted by Crippen LogP contribution is 2.49. The van der Waals surface area contributed by atoms with Crippen molar-refractivity contribution in [2.45, 2.75) is 11.8 Å². The average Bonchev–Trinajstić information content (AvgIpc) is 3.15. The van der Waals surface area contributed by atoms with Gasteiger partial charge in [0.15, 0.2) is 0 Å². The Morgan fingerprint density at radius 3 is 1.62 bits per heavy atom. The van der Waals surface area contributed by atoms with E-state index in [2.05, 4.69) is 12.2 Å². The highest BCUT2D eigenvalue weighted by Gasteiger charge is 2.54. The molecule has 1 aliphatic carbocycles. The topological polar surface area (TPSA) is 55.8 Å². The number of amides is 2. The van der Waals surface area contributed by atoms with Gasteiger partial charge in [-0.1, -0.05) is 72.8 Å². The molecule has 0 saturated carbocycles. The van der Waals surface area contributed by atoms with E-state index in [4.69, 9.17) is 9.47 Å². The van der Waals surface area contributed by atoms with Crippen molar-refractivity contribution in [2.24, 2.45) is 11.8 Å². The third kappa shape index (κ3) is 4.10. The van der Waals surface area contributed by atoms with E-state index in [1.165, 1.54) is 4.90 Å². The number of ether oxygens (including phenoxy) is 2. The van der Waals surface area contributed by atoms with Crippen LogP contribution in [0.3, 0.4) is 0 Å². The van der Waals surface area contributed by atoms with Crippen molar-refractivity contribution < 1.29 is 19.1 Å². The molecule has 1 heterocycles. The Morgan fingerprint density at radius 1 is 0.676 bits per heavy atom. The maximum absolute atomic E-state index is 13.6. The Labute approximate surface area is 199 Å². The number of hydrogen-bond acceptors (Lipinski definition) is 4. The van der Waals surface area contributed by atoms with E-state index in [1.807, 2.05) is 84.9 Å². The van der Waals surface area contributed by atoms with Crippen molar-refractivity contribution in [2.75, 3.05) is 20.3 Å². The van der Waals surface area contributed by atoms with Crippen molar-refractivity contribution in [3.05, 3.63) is 108 Å². The molecule has 4 atom stereocenters. The lowest BCUT2D eigenvalue weighted by Gasteiger charge is -2.32. The van der Waals surface area contributed by atoms with Gasteiger partial charge in [-0.3, -0.25) is 14.5 Å². The molecule has 3 aromatic rings. The second kappa shape index (κ2) is 9.56. The monoisotopic (exact) mass is 453 g/mol. The minimum absolute atomic E-state index is 0.118. The first-order valence-corrected chi connectivity index (χ1v) is 11.6. The van der Waals surface area contributed by atoms with Gasteiger partial charge in [-0.15, -0.1) is 0 Å². The van der Waals surface area contributed by atoms with E-state index in [9.17, 15) is 9.59 Å². The summed E-state index contributed by atoms with van der Waals surface area (Å²) in [5.74, 6) is 0.0680. The summed E-state index contributed by atoms with van der Waals surface area (Å²) in [5.41, 5.74) is 2.11. The van der Waals surface area contributed by atoms with Crippen molar-refractivity contribution in [1.29, 1.82) is 0 Å². The van der Waals surface area contributed by atoms with Crippen LogP contribution in [-0.2, 0) is 9.59 Å². The van der Waals surface area contributed by atoms with E-state index in [1.54, 1.807) is 7.11 Å². The zero-order valence-corrected chi connectivity index (χ0v) is 19.0. The number of benzene rings is 3. The van der Waals surface area contributed by atoms with Gasteiger partial charge in [0, 0.05) is 11.8 Å². The lowest BCUT2D eigenvalue weighted by molar-refractivity contribution is -0.140. The van der Waals surface area contributed by atoms with Crippen LogP contribution in [0.5, 0.6) is 11.5 Å². The molecule has 34 heavy (non-hydrogen) atoms. The highest BCUT2D eigenvalue weighted by molar-refractivity contribution is 6.06. The molecule has 0 unspecified atom stereocenters. The van der Waals surface area contributed by atoms with Gasteiger partial charge in [-0.25, -0.2) is 0 Å². The molecule has 0 aromatic heterocycles. The van der Waals surface area contributed by atoms with Crippen LogP contribution in [0.4, 0.5) is 0 Å². The number of likely N-dealkylation sites (tertiary alicyclic amines) is 1. The molecule has 0 bridgehead atoms. The molecule has 1 aliphatic heterocycles. The highest BCUT2D eigenvalue weighted by atomic mass is 16.5. The van der Waals surface area contributed by atoms with E-state index in [0.717, 1.165) is 16.9 Å². The number of fused-ring (bicyclic) bond motifs is 1. The van der Waals surface area contributed by atoms with Crippen molar-refractivity contribution in [3.8, 4) is 11.5 Å². The Morgan fingerprint density at radius 2 is 1.15 bits per heavy atom. The number of carbonyl (C=O) groups excluding carboxylic acids is 2. The molecular formula is C29H27NO4. The predicted molar refractivity (Wildman–Crippen MR) is 130 cm³/mol. The fraction of sp³-hybridized carbons (Fsp3) is 0.241. The van der Waals surface area contributed by atoms with Crippen LogP contribution in [0.1, 0.15) is 23.0 Å². The fourth-order valence-corrected chi connectivity index (χ4v) is 5.14. The Kier molecular flexibility index (Phi) is 6.17. The molecule has 172 valence electrons. The van der Waals surface area contributed by atoms with E-state index < -0.39 is 11.8 Å². The lowest BCUT2D eigenvalue weighted by Crippen LogP contribution is -2.35. The number of methoxy groups -OCH3 is 1. The van der Waals surface area contributed by atoms with Gasteiger partial charge in [0.05, 0.1) is 25.5 Å².